The van der Waals surface area contributed by atoms with Crippen molar-refractivity contribution in [1.82, 2.24) is 29.5 Å². The molecule has 0 aliphatic carbocycles. The summed E-state index contributed by atoms with van der Waals surface area (Å²) in [5, 5.41) is 7.14. The molecule has 2 aromatic carbocycles. The topological polar surface area (TPSA) is 88.4 Å². The maximum atomic E-state index is 14.1. The average Bonchev–Trinajstić information content (AvgIpc) is 3.39. The number of benzene rings is 2. The molecule has 12 heteroatoms. The molecule has 1 N–H and O–H groups in total. The van der Waals surface area contributed by atoms with E-state index < -0.39 is 11.7 Å². The molecule has 0 unspecified atom stereocenters. The van der Waals surface area contributed by atoms with E-state index in [1.165, 1.54) is 6.07 Å². The van der Waals surface area contributed by atoms with Crippen LogP contribution in [0.4, 0.5) is 24.8 Å². The van der Waals surface area contributed by atoms with Gasteiger partial charge in [-0.05, 0) is 42.3 Å². The number of ketones is 1. The van der Waals surface area contributed by atoms with Crippen LogP contribution in [0.15, 0.2) is 61.1 Å². The third-order valence-electron chi connectivity index (χ3n) is 7.47. The van der Waals surface area contributed by atoms with Crippen molar-refractivity contribution in [3.63, 3.8) is 0 Å². The van der Waals surface area contributed by atoms with Crippen molar-refractivity contribution in [3.05, 3.63) is 88.9 Å². The highest BCUT2D eigenvalue weighted by Crippen LogP contribution is 2.34. The number of nitrogens with zero attached hydrogens (tertiary/aromatic N) is 6. The number of nitrogens with one attached hydrogen (secondary N) is 1. The Labute approximate surface area is 248 Å². The highest BCUT2D eigenvalue weighted by atomic mass is 19.4. The zero-order valence-corrected chi connectivity index (χ0v) is 24.4. The maximum absolute atomic E-state index is 14.1. The lowest BCUT2D eigenvalue weighted by Crippen LogP contribution is -2.45. The van der Waals surface area contributed by atoms with E-state index in [4.69, 9.17) is 4.74 Å². The summed E-state index contributed by atoms with van der Waals surface area (Å²) in [6.45, 7) is 8.20. The largest absolute Gasteiger partial charge is 0.439 e. The molecule has 0 amide bonds. The molecule has 2 aromatic heterocycles. The molecule has 1 saturated heterocycles. The SMILES string of the molecule is CCN1CCN(Cc2ccc(CC(=O)c3ccc(C)c(Oc4ccnc(Nc5cnn(C)c5)n4)c3)cc2C(F)(F)F)CC1. The molecule has 9 nitrogen and oxygen atoms in total. The van der Waals surface area contributed by atoms with Crippen LogP contribution in [0.5, 0.6) is 11.6 Å². The third-order valence-corrected chi connectivity index (χ3v) is 7.47. The number of carbonyl (C=O) groups is 1. The summed E-state index contributed by atoms with van der Waals surface area (Å²) in [6, 6.07) is 10.8. The van der Waals surface area contributed by atoms with Crippen LogP contribution in [0, 0.1) is 6.92 Å². The van der Waals surface area contributed by atoms with Gasteiger partial charge in [-0.1, -0.05) is 31.2 Å². The van der Waals surface area contributed by atoms with Crippen LogP contribution in [0.1, 0.15) is 39.5 Å². The summed E-state index contributed by atoms with van der Waals surface area (Å²) in [7, 11) is 1.79. The number of halogens is 3. The van der Waals surface area contributed by atoms with E-state index in [0.717, 1.165) is 44.4 Å². The second-order valence-corrected chi connectivity index (χ2v) is 10.6. The quantitative estimate of drug-likeness (QED) is 0.237. The van der Waals surface area contributed by atoms with Crippen LogP contribution in [-0.2, 0) is 26.2 Å². The molecule has 3 heterocycles. The average molecular weight is 594 g/mol. The number of carbonyl (C=O) groups excluding carboxylic acids is 1. The normalized spacial score (nSPS) is 14.6. The first-order valence-corrected chi connectivity index (χ1v) is 14.1. The molecule has 1 aliphatic heterocycles. The Morgan fingerprint density at radius 3 is 2.51 bits per heavy atom. The molecule has 0 spiro atoms. The number of anilines is 2. The Balaban J connectivity index is 1.29. The van der Waals surface area contributed by atoms with Gasteiger partial charge < -0.3 is 15.0 Å². The number of likely N-dealkylation sites (N-methyl/N-ethyl adjacent to an activating group) is 1. The van der Waals surface area contributed by atoms with Crippen molar-refractivity contribution in [2.45, 2.75) is 33.0 Å². The predicted octanol–water partition coefficient (Wildman–Crippen LogP) is 5.64. The summed E-state index contributed by atoms with van der Waals surface area (Å²) in [5.74, 6) is 0.660. The molecule has 0 atom stereocenters. The Morgan fingerprint density at radius 1 is 1.05 bits per heavy atom. The number of rotatable bonds is 10. The first-order chi connectivity index (χ1) is 20.6. The van der Waals surface area contributed by atoms with Crippen LogP contribution < -0.4 is 10.1 Å². The molecular formula is C31H34F3N7O2. The predicted molar refractivity (Wildman–Crippen MR) is 157 cm³/mol. The zero-order chi connectivity index (χ0) is 30.6. The summed E-state index contributed by atoms with van der Waals surface area (Å²) < 4.78 is 49.8. The van der Waals surface area contributed by atoms with E-state index in [2.05, 4.69) is 32.2 Å². The number of aromatic nitrogens is 4. The fourth-order valence-electron chi connectivity index (χ4n) is 5.00. The Hall–Kier alpha value is -4.29. The molecule has 0 bridgehead atoms. The van der Waals surface area contributed by atoms with Gasteiger partial charge in [0.1, 0.15) is 5.75 Å². The van der Waals surface area contributed by atoms with E-state index in [9.17, 15) is 18.0 Å². The lowest BCUT2D eigenvalue weighted by atomic mass is 9.97. The highest BCUT2D eigenvalue weighted by Gasteiger charge is 2.34. The monoisotopic (exact) mass is 593 g/mol. The summed E-state index contributed by atoms with van der Waals surface area (Å²) in [4.78, 5) is 26.1. The van der Waals surface area contributed by atoms with Crippen molar-refractivity contribution >= 4 is 17.4 Å². The maximum Gasteiger partial charge on any atom is 0.416 e. The molecule has 5 rings (SSSR count). The van der Waals surface area contributed by atoms with Gasteiger partial charge in [0.2, 0.25) is 11.8 Å². The lowest BCUT2D eigenvalue weighted by molar-refractivity contribution is -0.138. The molecule has 43 heavy (non-hydrogen) atoms. The van der Waals surface area contributed by atoms with Crippen molar-refractivity contribution in [2.75, 3.05) is 38.0 Å². The molecule has 1 aliphatic rings. The van der Waals surface area contributed by atoms with Crippen molar-refractivity contribution in [3.8, 4) is 11.6 Å². The van der Waals surface area contributed by atoms with Gasteiger partial charge in [-0.25, -0.2) is 4.98 Å². The Morgan fingerprint density at radius 2 is 1.81 bits per heavy atom. The van der Waals surface area contributed by atoms with Gasteiger partial charge >= 0.3 is 6.18 Å². The van der Waals surface area contributed by atoms with E-state index in [1.54, 1.807) is 60.7 Å². The molecule has 226 valence electrons. The van der Waals surface area contributed by atoms with E-state index in [-0.39, 0.29) is 30.2 Å². The van der Waals surface area contributed by atoms with Gasteiger partial charge in [0.15, 0.2) is 5.78 Å². The van der Waals surface area contributed by atoms with Gasteiger partial charge in [-0.15, -0.1) is 0 Å². The zero-order valence-electron chi connectivity index (χ0n) is 24.4. The molecule has 0 radical (unpaired) electrons. The first-order valence-electron chi connectivity index (χ1n) is 14.1. The lowest BCUT2D eigenvalue weighted by Gasteiger charge is -2.34. The van der Waals surface area contributed by atoms with Crippen LogP contribution in [0.2, 0.25) is 0 Å². The second kappa shape index (κ2) is 12.9. The number of alkyl halides is 3. The molecule has 4 aromatic rings. The van der Waals surface area contributed by atoms with Crippen LogP contribution in [-0.4, -0.2) is 68.1 Å². The summed E-state index contributed by atoms with van der Waals surface area (Å²) in [6.07, 6.45) is 0.255. The standard InChI is InChI=1S/C31H34F3N7O2/c1-4-40-11-13-41(14-12-40)19-24-8-6-22(15-26(24)31(32,33)34)16-27(42)23-7-5-21(2)28(17-23)43-29-9-10-35-30(38-29)37-25-18-36-39(3)20-25/h5-10,15,17-18,20H,4,11-14,16,19H2,1-3H3,(H,35,37,38). The minimum Gasteiger partial charge on any atom is -0.439 e. The minimum atomic E-state index is -4.52. The fraction of sp³-hybridized carbons (Fsp3) is 0.355. The Kier molecular flexibility index (Phi) is 9.07. The van der Waals surface area contributed by atoms with Gasteiger partial charge in [0.05, 0.1) is 17.4 Å². The summed E-state index contributed by atoms with van der Waals surface area (Å²) in [5.41, 5.74) is 1.64. The van der Waals surface area contributed by atoms with E-state index in [1.807, 2.05) is 11.8 Å². The van der Waals surface area contributed by atoms with Crippen LogP contribution in [0.3, 0.4) is 0 Å². The Bertz CT molecular complexity index is 1580. The number of Topliss-reactive ketones (excluding diaryl/α,β-unsaturated/α-hetero) is 1. The third kappa shape index (κ3) is 7.76. The van der Waals surface area contributed by atoms with Gasteiger partial charge in [-0.2, -0.15) is 23.3 Å². The first kappa shape index (κ1) is 30.2. The molecule has 1 fully saturated rings. The van der Waals surface area contributed by atoms with Gasteiger partial charge in [-0.3, -0.25) is 14.4 Å². The number of aryl methyl sites for hydroxylation is 2. The van der Waals surface area contributed by atoms with E-state index in [0.29, 0.717) is 28.5 Å². The van der Waals surface area contributed by atoms with Gasteiger partial charge in [0.25, 0.3) is 0 Å². The second-order valence-electron chi connectivity index (χ2n) is 10.6. The highest BCUT2D eigenvalue weighted by molar-refractivity contribution is 5.98. The summed E-state index contributed by atoms with van der Waals surface area (Å²) >= 11 is 0. The van der Waals surface area contributed by atoms with Crippen LogP contribution in [0.25, 0.3) is 0 Å². The van der Waals surface area contributed by atoms with Crippen molar-refractivity contribution in [1.29, 1.82) is 0 Å². The number of piperazine rings is 1. The van der Waals surface area contributed by atoms with E-state index >= 15 is 0 Å². The van der Waals surface area contributed by atoms with Crippen molar-refractivity contribution < 1.29 is 22.7 Å². The number of hydrogen-bond donors (Lipinski definition) is 1. The van der Waals surface area contributed by atoms with Gasteiger partial charge in [0, 0.05) is 70.2 Å². The smallest absolute Gasteiger partial charge is 0.416 e. The number of hydrogen-bond acceptors (Lipinski definition) is 8. The number of ether oxygens (including phenoxy) is 1. The van der Waals surface area contributed by atoms with Crippen molar-refractivity contribution in [2.24, 2.45) is 7.05 Å². The molecular weight excluding hydrogens is 559 g/mol. The fourth-order valence-corrected chi connectivity index (χ4v) is 5.00. The molecule has 0 saturated carbocycles. The van der Waals surface area contributed by atoms with Crippen LogP contribution >= 0.6 is 0 Å². The minimum absolute atomic E-state index is 0.173.